The molecule has 0 amide bonds. The van der Waals surface area contributed by atoms with Gasteiger partial charge in [0.1, 0.15) is 0 Å². The normalized spacial score (nSPS) is 22.6. The van der Waals surface area contributed by atoms with E-state index in [9.17, 15) is 4.21 Å². The van der Waals surface area contributed by atoms with E-state index in [1.54, 1.807) is 5.41 Å². The Labute approximate surface area is 65.3 Å². The summed E-state index contributed by atoms with van der Waals surface area (Å²) in [5.74, 6) is 0. The zero-order valence-corrected chi connectivity index (χ0v) is 7.79. The molecule has 1 nitrogen and oxygen atoms in total. The smallest absolute Gasteiger partial charge is 0.0734 e. The average Bonchev–Trinajstić information content (AvgIpc) is 2.25. The van der Waals surface area contributed by atoms with Crippen LogP contribution >= 0.6 is 0 Å². The minimum absolute atomic E-state index is 0.799. The van der Waals surface area contributed by atoms with Crippen molar-refractivity contribution in [2.45, 2.75) is 27.7 Å². The van der Waals surface area contributed by atoms with Crippen LogP contribution < -0.4 is 0 Å². The van der Waals surface area contributed by atoms with Gasteiger partial charge in [-0.15, -0.1) is 0 Å². The van der Waals surface area contributed by atoms with Crippen LogP contribution in [0.5, 0.6) is 0 Å². The van der Waals surface area contributed by atoms with Crippen LogP contribution in [0.3, 0.4) is 0 Å². The van der Waals surface area contributed by atoms with Gasteiger partial charge < -0.3 is 0 Å². The highest BCUT2D eigenvalue weighted by Crippen LogP contribution is 2.17. The lowest BCUT2D eigenvalue weighted by Gasteiger charge is -1.87. The van der Waals surface area contributed by atoms with Crippen molar-refractivity contribution < 1.29 is 4.21 Å². The Kier molecular flexibility index (Phi) is 4.28. The third-order valence-corrected chi connectivity index (χ3v) is 2.61. The van der Waals surface area contributed by atoms with E-state index in [2.05, 4.69) is 0 Å². The van der Waals surface area contributed by atoms with Gasteiger partial charge in [0.15, 0.2) is 0 Å². The molecule has 1 unspecified atom stereocenters. The zero-order chi connectivity index (χ0) is 8.15. The molecule has 0 spiro atoms. The van der Waals surface area contributed by atoms with E-state index in [-0.39, 0.29) is 0 Å². The van der Waals surface area contributed by atoms with Crippen molar-refractivity contribution in [1.82, 2.24) is 0 Å². The minimum atomic E-state index is -0.799. The molecule has 0 radical (unpaired) electrons. The molecule has 0 aromatic carbocycles. The SMILES string of the molecule is CC.CC1=C(C)S(=O)C=C1. The molecule has 10 heavy (non-hydrogen) atoms. The lowest BCUT2D eigenvalue weighted by Crippen LogP contribution is -1.79. The van der Waals surface area contributed by atoms with Gasteiger partial charge in [0, 0.05) is 10.3 Å². The maximum absolute atomic E-state index is 10.8. The standard InChI is InChI=1S/C6H8OS.C2H6/c1-5-3-4-8(7)6(5)2;1-2/h3-4H,1-2H3;1-2H3. The summed E-state index contributed by atoms with van der Waals surface area (Å²) in [5.41, 5.74) is 1.14. The molecule has 1 aliphatic rings. The molecule has 0 aliphatic carbocycles. The number of allylic oxidation sites excluding steroid dienone is 3. The largest absolute Gasteiger partial charge is 0.250 e. The van der Waals surface area contributed by atoms with E-state index in [4.69, 9.17) is 0 Å². The van der Waals surface area contributed by atoms with Gasteiger partial charge in [0.2, 0.25) is 0 Å². The summed E-state index contributed by atoms with van der Waals surface area (Å²) in [6.45, 7) is 7.86. The van der Waals surface area contributed by atoms with Crippen molar-refractivity contribution in [2.75, 3.05) is 0 Å². The van der Waals surface area contributed by atoms with Crippen LogP contribution in [0.1, 0.15) is 27.7 Å². The van der Waals surface area contributed by atoms with E-state index in [0.29, 0.717) is 0 Å². The van der Waals surface area contributed by atoms with Crippen LogP contribution in [0, 0.1) is 0 Å². The Hall–Kier alpha value is -0.370. The Morgan fingerprint density at radius 3 is 1.90 bits per heavy atom. The predicted molar refractivity (Wildman–Crippen MR) is 47.0 cm³/mol. The lowest BCUT2D eigenvalue weighted by molar-refractivity contribution is 0.692. The first kappa shape index (κ1) is 9.63. The Bertz CT molecular complexity index is 185. The summed E-state index contributed by atoms with van der Waals surface area (Å²) in [6.07, 6.45) is 1.89. The molecule has 1 rings (SSSR count). The van der Waals surface area contributed by atoms with Gasteiger partial charge in [-0.1, -0.05) is 13.8 Å². The molecule has 1 heterocycles. The molecule has 58 valence electrons. The summed E-state index contributed by atoms with van der Waals surface area (Å²) >= 11 is 0. The molecule has 0 saturated carbocycles. The second-order valence-corrected chi connectivity index (χ2v) is 3.32. The van der Waals surface area contributed by atoms with E-state index < -0.39 is 10.8 Å². The van der Waals surface area contributed by atoms with Gasteiger partial charge in [0.05, 0.1) is 10.8 Å². The van der Waals surface area contributed by atoms with Crippen LogP contribution in [0.4, 0.5) is 0 Å². The molecule has 0 bridgehead atoms. The molecule has 0 N–H and O–H groups in total. The zero-order valence-electron chi connectivity index (χ0n) is 6.97. The van der Waals surface area contributed by atoms with Gasteiger partial charge in [-0.3, -0.25) is 4.21 Å². The first-order valence-electron chi connectivity index (χ1n) is 3.48. The van der Waals surface area contributed by atoms with Crippen LogP contribution in [-0.4, -0.2) is 4.21 Å². The summed E-state index contributed by atoms with van der Waals surface area (Å²) in [6, 6.07) is 0. The van der Waals surface area contributed by atoms with Crippen molar-refractivity contribution in [3.8, 4) is 0 Å². The van der Waals surface area contributed by atoms with Crippen molar-refractivity contribution in [3.05, 3.63) is 22.0 Å². The van der Waals surface area contributed by atoms with E-state index in [1.807, 2.05) is 33.8 Å². The summed E-state index contributed by atoms with van der Waals surface area (Å²) in [5, 5.41) is 1.71. The first-order valence-corrected chi connectivity index (χ1v) is 4.69. The number of rotatable bonds is 0. The van der Waals surface area contributed by atoms with E-state index in [1.165, 1.54) is 0 Å². The van der Waals surface area contributed by atoms with Gasteiger partial charge in [-0.05, 0) is 25.5 Å². The fourth-order valence-corrected chi connectivity index (χ4v) is 1.46. The van der Waals surface area contributed by atoms with E-state index in [0.717, 1.165) is 10.5 Å². The lowest BCUT2D eigenvalue weighted by atomic mass is 10.3. The quantitative estimate of drug-likeness (QED) is 0.529. The average molecular weight is 158 g/mol. The molecule has 0 aromatic heterocycles. The fraction of sp³-hybridized carbons (Fsp3) is 0.500. The summed E-state index contributed by atoms with van der Waals surface area (Å²) < 4.78 is 10.8. The van der Waals surface area contributed by atoms with Crippen LogP contribution in [0.2, 0.25) is 0 Å². The fourth-order valence-electron chi connectivity index (χ4n) is 0.542. The topological polar surface area (TPSA) is 17.1 Å². The summed E-state index contributed by atoms with van der Waals surface area (Å²) in [7, 11) is -0.799. The third kappa shape index (κ3) is 2.10. The van der Waals surface area contributed by atoms with Crippen LogP contribution in [-0.2, 0) is 10.8 Å². The maximum atomic E-state index is 10.8. The summed E-state index contributed by atoms with van der Waals surface area (Å²) in [4.78, 5) is 0.991. The highest BCUT2D eigenvalue weighted by Gasteiger charge is 2.05. The van der Waals surface area contributed by atoms with Crippen LogP contribution in [0.15, 0.2) is 22.0 Å². The molecule has 1 aliphatic heterocycles. The molecule has 2 heteroatoms. The molecule has 0 saturated heterocycles. The Morgan fingerprint density at radius 1 is 1.30 bits per heavy atom. The van der Waals surface area contributed by atoms with Crippen LogP contribution in [0.25, 0.3) is 0 Å². The van der Waals surface area contributed by atoms with Gasteiger partial charge in [-0.2, -0.15) is 0 Å². The minimum Gasteiger partial charge on any atom is -0.250 e. The van der Waals surface area contributed by atoms with Gasteiger partial charge in [0.25, 0.3) is 0 Å². The second-order valence-electron chi connectivity index (χ2n) is 1.84. The first-order chi connectivity index (χ1) is 4.72. The Balaban J connectivity index is 0.000000371. The molecule has 0 aromatic rings. The molecule has 1 atom stereocenters. The van der Waals surface area contributed by atoms with Crippen molar-refractivity contribution in [1.29, 1.82) is 0 Å². The molecule has 0 fully saturated rings. The highest BCUT2D eigenvalue weighted by molar-refractivity contribution is 7.92. The highest BCUT2D eigenvalue weighted by atomic mass is 32.2. The molecular formula is C8H14OS. The van der Waals surface area contributed by atoms with Gasteiger partial charge in [-0.25, -0.2) is 0 Å². The molecular weight excluding hydrogens is 144 g/mol. The van der Waals surface area contributed by atoms with Crippen molar-refractivity contribution >= 4 is 10.8 Å². The monoisotopic (exact) mass is 158 g/mol. The van der Waals surface area contributed by atoms with E-state index >= 15 is 0 Å². The maximum Gasteiger partial charge on any atom is 0.0734 e. The Morgan fingerprint density at radius 2 is 1.80 bits per heavy atom. The second kappa shape index (κ2) is 4.45. The number of hydrogen-bond acceptors (Lipinski definition) is 1. The third-order valence-electron chi connectivity index (χ3n) is 1.30. The van der Waals surface area contributed by atoms with Crippen molar-refractivity contribution in [2.24, 2.45) is 0 Å². The predicted octanol–water partition coefficient (Wildman–Crippen LogP) is 2.58. The van der Waals surface area contributed by atoms with Gasteiger partial charge >= 0.3 is 0 Å². The van der Waals surface area contributed by atoms with Crippen molar-refractivity contribution in [3.63, 3.8) is 0 Å². The number of hydrogen-bond donors (Lipinski definition) is 0.